The molecule has 2 aromatic heterocycles. The standard InChI is InChI=1S/C19H27N5O2/c1-13(2)17(12-25)23-19-22-16(15-7-3-4-8-20-15)10-18(24-19)21-11-14-6-5-9-26-14/h3-4,7-8,10,13-14,17,25H,5-6,9,11-12H2,1-2H3,(H2,21,22,23,24)/t14-,17+/m0/s1. The molecule has 0 aromatic carbocycles. The van der Waals surface area contributed by atoms with E-state index in [1.807, 2.05) is 38.1 Å². The summed E-state index contributed by atoms with van der Waals surface area (Å²) < 4.78 is 5.67. The van der Waals surface area contributed by atoms with E-state index < -0.39 is 0 Å². The molecule has 0 bridgehead atoms. The van der Waals surface area contributed by atoms with Gasteiger partial charge in [0.15, 0.2) is 0 Å². The Bertz CT molecular complexity index is 690. The van der Waals surface area contributed by atoms with Crippen LogP contribution in [0.5, 0.6) is 0 Å². The molecule has 3 N–H and O–H groups in total. The summed E-state index contributed by atoms with van der Waals surface area (Å²) in [5.74, 6) is 1.46. The predicted molar refractivity (Wildman–Crippen MR) is 102 cm³/mol. The van der Waals surface area contributed by atoms with Gasteiger partial charge in [0.1, 0.15) is 5.82 Å². The second-order valence-electron chi connectivity index (χ2n) is 6.87. The molecule has 0 spiro atoms. The summed E-state index contributed by atoms with van der Waals surface area (Å²) in [6, 6.07) is 7.51. The Kier molecular flexibility index (Phi) is 6.35. The Morgan fingerprint density at radius 1 is 1.27 bits per heavy atom. The van der Waals surface area contributed by atoms with Crippen LogP contribution in [0.3, 0.4) is 0 Å². The summed E-state index contributed by atoms with van der Waals surface area (Å²) in [6.07, 6.45) is 4.14. The van der Waals surface area contributed by atoms with Gasteiger partial charge in [-0.25, -0.2) is 4.98 Å². The number of nitrogens with zero attached hydrogens (tertiary/aromatic N) is 3. The van der Waals surface area contributed by atoms with E-state index in [0.717, 1.165) is 36.7 Å². The van der Waals surface area contributed by atoms with Crippen LogP contribution in [0, 0.1) is 5.92 Å². The third-order valence-corrected chi connectivity index (χ3v) is 4.50. The zero-order valence-electron chi connectivity index (χ0n) is 15.4. The van der Waals surface area contributed by atoms with E-state index >= 15 is 0 Å². The van der Waals surface area contributed by atoms with Crippen molar-refractivity contribution in [3.63, 3.8) is 0 Å². The van der Waals surface area contributed by atoms with E-state index in [1.165, 1.54) is 0 Å². The van der Waals surface area contributed by atoms with Gasteiger partial charge in [0, 0.05) is 25.4 Å². The SMILES string of the molecule is CC(C)[C@@H](CO)Nc1nc(NC[C@@H]2CCCO2)cc(-c2ccccn2)n1. The lowest BCUT2D eigenvalue weighted by Crippen LogP contribution is -2.30. The summed E-state index contributed by atoms with van der Waals surface area (Å²) in [5.41, 5.74) is 1.52. The molecular formula is C19H27N5O2. The molecule has 3 heterocycles. The predicted octanol–water partition coefficient (Wildman–Crippen LogP) is 2.56. The summed E-state index contributed by atoms with van der Waals surface area (Å²) in [6.45, 7) is 5.66. The molecule has 1 aliphatic heterocycles. The lowest BCUT2D eigenvalue weighted by molar-refractivity contribution is 0.120. The minimum absolute atomic E-state index is 0.0213. The van der Waals surface area contributed by atoms with E-state index in [1.54, 1.807) is 6.20 Å². The largest absolute Gasteiger partial charge is 0.394 e. The highest BCUT2D eigenvalue weighted by Crippen LogP contribution is 2.21. The number of anilines is 2. The second-order valence-corrected chi connectivity index (χ2v) is 6.87. The molecule has 7 heteroatoms. The Hall–Kier alpha value is -2.25. The van der Waals surface area contributed by atoms with E-state index in [2.05, 4.69) is 25.6 Å². The molecule has 0 radical (unpaired) electrons. The number of aromatic nitrogens is 3. The normalized spacial score (nSPS) is 18.1. The molecule has 0 aliphatic carbocycles. The van der Waals surface area contributed by atoms with Crippen molar-refractivity contribution in [2.24, 2.45) is 5.92 Å². The van der Waals surface area contributed by atoms with Gasteiger partial charge in [0.2, 0.25) is 5.95 Å². The van der Waals surface area contributed by atoms with Crippen LogP contribution in [0.15, 0.2) is 30.5 Å². The maximum absolute atomic E-state index is 9.60. The fourth-order valence-electron chi connectivity index (χ4n) is 2.86. The number of aliphatic hydroxyl groups is 1. The van der Waals surface area contributed by atoms with Crippen molar-refractivity contribution in [3.8, 4) is 11.4 Å². The Labute approximate surface area is 154 Å². The average Bonchev–Trinajstić information content (AvgIpc) is 3.18. The van der Waals surface area contributed by atoms with Crippen LogP contribution < -0.4 is 10.6 Å². The highest BCUT2D eigenvalue weighted by atomic mass is 16.5. The van der Waals surface area contributed by atoms with Crippen LogP contribution in [0.2, 0.25) is 0 Å². The van der Waals surface area contributed by atoms with Crippen LogP contribution in [0.4, 0.5) is 11.8 Å². The number of ether oxygens (including phenoxy) is 1. The fraction of sp³-hybridized carbons (Fsp3) is 0.526. The van der Waals surface area contributed by atoms with Gasteiger partial charge in [-0.1, -0.05) is 19.9 Å². The van der Waals surface area contributed by atoms with Gasteiger partial charge < -0.3 is 20.5 Å². The molecule has 1 aliphatic rings. The molecule has 1 fully saturated rings. The summed E-state index contributed by atoms with van der Waals surface area (Å²) >= 11 is 0. The van der Waals surface area contributed by atoms with Crippen LogP contribution in [0.25, 0.3) is 11.4 Å². The van der Waals surface area contributed by atoms with Crippen molar-refractivity contribution >= 4 is 11.8 Å². The first-order valence-corrected chi connectivity index (χ1v) is 9.19. The molecule has 1 saturated heterocycles. The van der Waals surface area contributed by atoms with Crippen LogP contribution in [-0.4, -0.2) is 52.0 Å². The molecule has 2 aromatic rings. The number of nitrogens with one attached hydrogen (secondary N) is 2. The van der Waals surface area contributed by atoms with Crippen molar-refractivity contribution in [2.75, 3.05) is 30.4 Å². The Balaban J connectivity index is 1.83. The van der Waals surface area contributed by atoms with Crippen molar-refractivity contribution in [1.29, 1.82) is 0 Å². The van der Waals surface area contributed by atoms with Crippen LogP contribution in [0.1, 0.15) is 26.7 Å². The van der Waals surface area contributed by atoms with Gasteiger partial charge in [-0.3, -0.25) is 4.98 Å². The van der Waals surface area contributed by atoms with Crippen molar-refractivity contribution in [1.82, 2.24) is 15.0 Å². The molecule has 3 rings (SSSR count). The molecule has 140 valence electrons. The monoisotopic (exact) mass is 357 g/mol. The number of aliphatic hydroxyl groups excluding tert-OH is 1. The number of hydrogen-bond donors (Lipinski definition) is 3. The molecule has 0 amide bonds. The average molecular weight is 357 g/mol. The van der Waals surface area contributed by atoms with E-state index in [-0.39, 0.29) is 24.7 Å². The fourth-order valence-corrected chi connectivity index (χ4v) is 2.86. The topological polar surface area (TPSA) is 92.2 Å². The van der Waals surface area contributed by atoms with Gasteiger partial charge in [-0.05, 0) is 30.9 Å². The second kappa shape index (κ2) is 8.91. The van der Waals surface area contributed by atoms with Crippen LogP contribution in [-0.2, 0) is 4.74 Å². The lowest BCUT2D eigenvalue weighted by atomic mass is 10.1. The first kappa shape index (κ1) is 18.5. The van der Waals surface area contributed by atoms with E-state index in [4.69, 9.17) is 4.74 Å². The zero-order valence-corrected chi connectivity index (χ0v) is 15.4. The molecule has 26 heavy (non-hydrogen) atoms. The van der Waals surface area contributed by atoms with Gasteiger partial charge >= 0.3 is 0 Å². The summed E-state index contributed by atoms with van der Waals surface area (Å²) in [4.78, 5) is 13.5. The maximum Gasteiger partial charge on any atom is 0.225 e. The minimum Gasteiger partial charge on any atom is -0.394 e. The quantitative estimate of drug-likeness (QED) is 0.668. The maximum atomic E-state index is 9.60. The van der Waals surface area contributed by atoms with E-state index in [0.29, 0.717) is 12.5 Å². The number of pyridine rings is 1. The highest BCUT2D eigenvalue weighted by molar-refractivity contribution is 5.61. The molecular weight excluding hydrogens is 330 g/mol. The highest BCUT2D eigenvalue weighted by Gasteiger charge is 2.17. The first-order valence-electron chi connectivity index (χ1n) is 9.19. The van der Waals surface area contributed by atoms with Crippen LogP contribution >= 0.6 is 0 Å². The molecule has 7 nitrogen and oxygen atoms in total. The first-order chi connectivity index (χ1) is 12.7. The van der Waals surface area contributed by atoms with Crippen molar-refractivity contribution in [2.45, 2.75) is 38.8 Å². The summed E-state index contributed by atoms with van der Waals surface area (Å²) in [7, 11) is 0. The van der Waals surface area contributed by atoms with Gasteiger partial charge in [0.05, 0.1) is 30.1 Å². The zero-order chi connectivity index (χ0) is 18.4. The van der Waals surface area contributed by atoms with Crippen molar-refractivity contribution in [3.05, 3.63) is 30.5 Å². The lowest BCUT2D eigenvalue weighted by Gasteiger charge is -2.21. The third-order valence-electron chi connectivity index (χ3n) is 4.50. The minimum atomic E-state index is -0.111. The third kappa shape index (κ3) is 4.89. The van der Waals surface area contributed by atoms with Gasteiger partial charge in [-0.2, -0.15) is 4.98 Å². The summed E-state index contributed by atoms with van der Waals surface area (Å²) in [5, 5.41) is 16.2. The number of hydrogen-bond acceptors (Lipinski definition) is 7. The molecule has 0 unspecified atom stereocenters. The Morgan fingerprint density at radius 3 is 2.81 bits per heavy atom. The molecule has 2 atom stereocenters. The molecule has 0 saturated carbocycles. The van der Waals surface area contributed by atoms with Gasteiger partial charge in [-0.15, -0.1) is 0 Å². The number of rotatable bonds is 8. The smallest absolute Gasteiger partial charge is 0.225 e. The van der Waals surface area contributed by atoms with Crippen molar-refractivity contribution < 1.29 is 9.84 Å². The Morgan fingerprint density at radius 2 is 2.15 bits per heavy atom. The van der Waals surface area contributed by atoms with E-state index in [9.17, 15) is 5.11 Å². The van der Waals surface area contributed by atoms with Gasteiger partial charge in [0.25, 0.3) is 0 Å².